The number of aromatic nitrogens is 1. The summed E-state index contributed by atoms with van der Waals surface area (Å²) < 4.78 is 43.9. The number of amides is 1. The predicted molar refractivity (Wildman–Crippen MR) is 81.1 cm³/mol. The number of carbonyl (C=O) groups excluding carboxylic acids is 1. The Bertz CT molecular complexity index is 796. The minimum absolute atomic E-state index is 0.265. The summed E-state index contributed by atoms with van der Waals surface area (Å²) >= 11 is 0. The third-order valence-corrected chi connectivity index (χ3v) is 3.09. The predicted octanol–water partition coefficient (Wildman–Crippen LogP) is 3.41. The van der Waals surface area contributed by atoms with E-state index in [0.29, 0.717) is 0 Å². The molecule has 1 unspecified atom stereocenters. The van der Waals surface area contributed by atoms with Gasteiger partial charge in [0.2, 0.25) is 5.75 Å². The van der Waals surface area contributed by atoms with Gasteiger partial charge in [-0.15, -0.1) is 0 Å². The fourth-order valence-electron chi connectivity index (χ4n) is 1.93. The first kappa shape index (κ1) is 18.2. The molecule has 0 radical (unpaired) electrons. The quantitative estimate of drug-likeness (QED) is 0.655. The number of carbonyl (C=O) groups is 1. The highest BCUT2D eigenvalue weighted by Crippen LogP contribution is 2.34. The van der Waals surface area contributed by atoms with E-state index in [4.69, 9.17) is 4.74 Å². The van der Waals surface area contributed by atoms with E-state index in [9.17, 15) is 28.1 Å². The Balaban J connectivity index is 2.16. The number of alkyl halides is 3. The zero-order chi connectivity index (χ0) is 18.6. The third kappa shape index (κ3) is 4.43. The highest BCUT2D eigenvalue weighted by Gasteiger charge is 2.34. The van der Waals surface area contributed by atoms with Crippen LogP contribution in [-0.2, 0) is 11.0 Å². The molecule has 1 aromatic heterocycles. The molecule has 1 atom stereocenters. The molecule has 0 bridgehead atoms. The average Bonchev–Trinajstić information content (AvgIpc) is 2.54. The molecule has 1 N–H and O–H groups in total. The van der Waals surface area contributed by atoms with Crippen molar-refractivity contribution in [3.63, 3.8) is 0 Å². The minimum atomic E-state index is -4.64. The molecule has 0 aliphatic heterocycles. The Kier molecular flexibility index (Phi) is 5.20. The summed E-state index contributed by atoms with van der Waals surface area (Å²) in [6, 6.07) is 7.05. The summed E-state index contributed by atoms with van der Waals surface area (Å²) in [5.74, 6) is -1.76. The van der Waals surface area contributed by atoms with Crippen LogP contribution in [0.25, 0.3) is 0 Å². The normalized spacial score (nSPS) is 12.3. The van der Waals surface area contributed by atoms with Gasteiger partial charge in [0.05, 0.1) is 11.3 Å². The maximum atomic E-state index is 12.9. The SMILES string of the molecule is CC(Oc1cccnc1[N+](=O)[O-])C(=O)Nc1ccccc1C(F)(F)F. The van der Waals surface area contributed by atoms with Gasteiger partial charge in [0, 0.05) is 0 Å². The van der Waals surface area contributed by atoms with E-state index in [0.717, 1.165) is 12.1 Å². The van der Waals surface area contributed by atoms with Crippen LogP contribution in [0.2, 0.25) is 0 Å². The van der Waals surface area contributed by atoms with E-state index < -0.39 is 40.2 Å². The Morgan fingerprint density at radius 2 is 1.96 bits per heavy atom. The van der Waals surface area contributed by atoms with Crippen molar-refractivity contribution in [1.82, 2.24) is 4.98 Å². The maximum absolute atomic E-state index is 12.9. The molecule has 7 nitrogen and oxygen atoms in total. The van der Waals surface area contributed by atoms with Crippen molar-refractivity contribution in [3.8, 4) is 5.75 Å². The number of anilines is 1. The van der Waals surface area contributed by atoms with Gasteiger partial charge in [-0.05, 0) is 41.1 Å². The Morgan fingerprint density at radius 1 is 1.28 bits per heavy atom. The van der Waals surface area contributed by atoms with Crippen LogP contribution < -0.4 is 10.1 Å². The van der Waals surface area contributed by atoms with Gasteiger partial charge in [0.25, 0.3) is 5.91 Å². The van der Waals surface area contributed by atoms with Crippen molar-refractivity contribution >= 4 is 17.4 Å². The van der Waals surface area contributed by atoms with E-state index in [-0.39, 0.29) is 5.75 Å². The molecule has 25 heavy (non-hydrogen) atoms. The fraction of sp³-hybridized carbons (Fsp3) is 0.200. The highest BCUT2D eigenvalue weighted by molar-refractivity contribution is 5.94. The maximum Gasteiger partial charge on any atom is 0.418 e. The van der Waals surface area contributed by atoms with Crippen molar-refractivity contribution in [2.45, 2.75) is 19.2 Å². The summed E-state index contributed by atoms with van der Waals surface area (Å²) in [4.78, 5) is 25.7. The molecule has 10 heteroatoms. The average molecular weight is 355 g/mol. The molecule has 1 amide bonds. The second kappa shape index (κ2) is 7.16. The standard InChI is InChI=1S/C15H12F3N3O4/c1-9(25-12-7-4-8-19-13(12)21(23)24)14(22)20-11-6-3-2-5-10(11)15(16,17)18/h2-9H,1H3,(H,20,22). The molecule has 0 aliphatic carbocycles. The van der Waals surface area contributed by atoms with Gasteiger partial charge < -0.3 is 20.2 Å². The van der Waals surface area contributed by atoms with Crippen LogP contribution in [0.15, 0.2) is 42.6 Å². The highest BCUT2D eigenvalue weighted by atomic mass is 19.4. The lowest BCUT2D eigenvalue weighted by molar-refractivity contribution is -0.390. The van der Waals surface area contributed by atoms with Gasteiger partial charge in [-0.3, -0.25) is 4.79 Å². The number of ether oxygens (including phenoxy) is 1. The van der Waals surface area contributed by atoms with Crippen LogP contribution in [-0.4, -0.2) is 21.9 Å². The number of halogens is 3. The van der Waals surface area contributed by atoms with Crippen molar-refractivity contribution < 1.29 is 27.6 Å². The summed E-state index contributed by atoms with van der Waals surface area (Å²) in [5, 5.41) is 13.0. The number of nitro groups is 1. The molecule has 0 aliphatic rings. The van der Waals surface area contributed by atoms with Crippen LogP contribution in [0.4, 0.5) is 24.7 Å². The lowest BCUT2D eigenvalue weighted by Crippen LogP contribution is -2.31. The van der Waals surface area contributed by atoms with E-state index in [1.807, 2.05) is 0 Å². The topological polar surface area (TPSA) is 94.4 Å². The van der Waals surface area contributed by atoms with Gasteiger partial charge in [-0.1, -0.05) is 12.1 Å². The lowest BCUT2D eigenvalue weighted by Gasteiger charge is -2.17. The van der Waals surface area contributed by atoms with Gasteiger partial charge in [-0.2, -0.15) is 13.2 Å². The molecule has 0 saturated carbocycles. The number of hydrogen-bond acceptors (Lipinski definition) is 5. The third-order valence-electron chi connectivity index (χ3n) is 3.09. The number of nitrogens with zero attached hydrogens (tertiary/aromatic N) is 2. The molecule has 1 heterocycles. The molecule has 0 fully saturated rings. The van der Waals surface area contributed by atoms with Gasteiger partial charge >= 0.3 is 12.0 Å². The smallest absolute Gasteiger partial charge is 0.418 e. The lowest BCUT2D eigenvalue weighted by atomic mass is 10.1. The van der Waals surface area contributed by atoms with E-state index in [1.54, 1.807) is 0 Å². The van der Waals surface area contributed by atoms with Crippen molar-refractivity contribution in [1.29, 1.82) is 0 Å². The van der Waals surface area contributed by atoms with Crippen LogP contribution in [0.5, 0.6) is 5.75 Å². The van der Waals surface area contributed by atoms with Crippen LogP contribution in [0, 0.1) is 10.1 Å². The Morgan fingerprint density at radius 3 is 2.60 bits per heavy atom. The zero-order valence-electron chi connectivity index (χ0n) is 12.8. The summed E-state index contributed by atoms with van der Waals surface area (Å²) in [7, 11) is 0. The van der Waals surface area contributed by atoms with Crippen LogP contribution >= 0.6 is 0 Å². The first-order valence-electron chi connectivity index (χ1n) is 6.93. The number of hydrogen-bond donors (Lipinski definition) is 1. The number of pyridine rings is 1. The first-order valence-corrected chi connectivity index (χ1v) is 6.93. The second-order valence-corrected chi connectivity index (χ2v) is 4.87. The van der Waals surface area contributed by atoms with E-state index >= 15 is 0 Å². The Hall–Kier alpha value is -3.17. The molecular weight excluding hydrogens is 343 g/mol. The summed E-state index contributed by atoms with van der Waals surface area (Å²) in [6.07, 6.45) is -4.75. The van der Waals surface area contributed by atoms with Crippen molar-refractivity contribution in [3.05, 3.63) is 58.3 Å². The number of para-hydroxylation sites is 1. The van der Waals surface area contributed by atoms with Gasteiger partial charge in [0.15, 0.2) is 6.10 Å². The molecule has 0 saturated heterocycles. The van der Waals surface area contributed by atoms with Crippen molar-refractivity contribution in [2.24, 2.45) is 0 Å². The van der Waals surface area contributed by atoms with Crippen LogP contribution in [0.3, 0.4) is 0 Å². The Labute approximate surface area is 139 Å². The zero-order valence-corrected chi connectivity index (χ0v) is 12.8. The van der Waals surface area contributed by atoms with E-state index in [2.05, 4.69) is 10.3 Å². The number of nitrogens with one attached hydrogen (secondary N) is 1. The van der Waals surface area contributed by atoms with Gasteiger partial charge in [-0.25, -0.2) is 0 Å². The summed E-state index contributed by atoms with van der Waals surface area (Å²) in [5.41, 5.74) is -1.45. The fourth-order valence-corrected chi connectivity index (χ4v) is 1.93. The first-order chi connectivity index (χ1) is 11.7. The number of rotatable bonds is 5. The minimum Gasteiger partial charge on any atom is -0.473 e. The van der Waals surface area contributed by atoms with Crippen molar-refractivity contribution in [2.75, 3.05) is 5.32 Å². The molecule has 0 spiro atoms. The van der Waals surface area contributed by atoms with Gasteiger partial charge in [0.1, 0.15) is 6.20 Å². The molecule has 1 aromatic carbocycles. The molecule has 2 aromatic rings. The molecule has 132 valence electrons. The largest absolute Gasteiger partial charge is 0.473 e. The summed E-state index contributed by atoms with van der Waals surface area (Å²) in [6.45, 7) is 1.25. The second-order valence-electron chi connectivity index (χ2n) is 4.87. The monoisotopic (exact) mass is 355 g/mol. The van der Waals surface area contributed by atoms with Crippen LogP contribution in [0.1, 0.15) is 12.5 Å². The van der Waals surface area contributed by atoms with E-state index in [1.165, 1.54) is 37.4 Å². The number of benzene rings is 1. The molecule has 2 rings (SSSR count). The molecular formula is C15H12F3N3O4.